The molecule has 0 bridgehead atoms. The largest absolute Gasteiger partial charge is 0.494 e. The van der Waals surface area contributed by atoms with Gasteiger partial charge in [-0.3, -0.25) is 0 Å². The number of methoxy groups -OCH3 is 1. The molecule has 19 heavy (non-hydrogen) atoms. The molecule has 0 amide bonds. The van der Waals surface area contributed by atoms with Gasteiger partial charge in [0.25, 0.3) is 5.89 Å². The third-order valence-corrected chi connectivity index (χ3v) is 2.85. The van der Waals surface area contributed by atoms with E-state index in [1.165, 1.54) is 19.2 Å². The van der Waals surface area contributed by atoms with Crippen molar-refractivity contribution < 1.29 is 13.7 Å². The molecule has 2 aromatic rings. The summed E-state index contributed by atoms with van der Waals surface area (Å²) in [6.45, 7) is 2.02. The van der Waals surface area contributed by atoms with E-state index >= 15 is 0 Å². The van der Waals surface area contributed by atoms with Crippen molar-refractivity contribution in [3.05, 3.63) is 29.8 Å². The van der Waals surface area contributed by atoms with Crippen molar-refractivity contribution in [3.63, 3.8) is 0 Å². The molecule has 1 unspecified atom stereocenters. The van der Waals surface area contributed by atoms with Crippen molar-refractivity contribution in [2.24, 2.45) is 0 Å². The zero-order valence-corrected chi connectivity index (χ0v) is 11.1. The van der Waals surface area contributed by atoms with E-state index in [1.807, 2.05) is 14.0 Å². The molecule has 2 rings (SSSR count). The first-order valence-electron chi connectivity index (χ1n) is 5.97. The molecule has 1 N–H and O–H groups in total. The van der Waals surface area contributed by atoms with E-state index in [9.17, 15) is 4.39 Å². The van der Waals surface area contributed by atoms with Crippen LogP contribution in [0.4, 0.5) is 4.39 Å². The predicted molar refractivity (Wildman–Crippen MR) is 68.5 cm³/mol. The number of aromatic nitrogens is 2. The second-order valence-electron chi connectivity index (χ2n) is 4.26. The van der Waals surface area contributed by atoms with Crippen LogP contribution in [0, 0.1) is 5.82 Å². The van der Waals surface area contributed by atoms with Gasteiger partial charge in [0.2, 0.25) is 0 Å². The Labute approximate surface area is 110 Å². The number of ether oxygens (including phenoxy) is 1. The van der Waals surface area contributed by atoms with Gasteiger partial charge < -0.3 is 14.6 Å². The van der Waals surface area contributed by atoms with Crippen LogP contribution in [0.15, 0.2) is 22.7 Å². The number of hydrogen-bond donors (Lipinski definition) is 1. The van der Waals surface area contributed by atoms with Crippen LogP contribution in [0.25, 0.3) is 11.5 Å². The molecule has 0 saturated heterocycles. The van der Waals surface area contributed by atoms with Gasteiger partial charge in [0.1, 0.15) is 0 Å². The Morgan fingerprint density at radius 3 is 2.89 bits per heavy atom. The SMILES string of the molecule is CNC(C)Cc1noc(-c2ccc(OC)c(F)c2)n1. The van der Waals surface area contributed by atoms with Crippen LogP contribution < -0.4 is 10.1 Å². The van der Waals surface area contributed by atoms with Gasteiger partial charge in [-0.05, 0) is 32.2 Å². The van der Waals surface area contributed by atoms with Crippen molar-refractivity contribution in [3.8, 4) is 17.2 Å². The zero-order chi connectivity index (χ0) is 13.8. The minimum Gasteiger partial charge on any atom is -0.494 e. The van der Waals surface area contributed by atoms with Gasteiger partial charge in [-0.1, -0.05) is 5.16 Å². The monoisotopic (exact) mass is 265 g/mol. The Bertz CT molecular complexity index is 557. The lowest BCUT2D eigenvalue weighted by atomic mass is 10.2. The summed E-state index contributed by atoms with van der Waals surface area (Å²) in [5, 5.41) is 6.96. The molecule has 1 aromatic heterocycles. The average Bonchev–Trinajstić information content (AvgIpc) is 2.87. The van der Waals surface area contributed by atoms with E-state index in [2.05, 4.69) is 15.5 Å². The van der Waals surface area contributed by atoms with E-state index in [-0.39, 0.29) is 11.8 Å². The van der Waals surface area contributed by atoms with E-state index in [0.29, 0.717) is 23.7 Å². The summed E-state index contributed by atoms with van der Waals surface area (Å²) in [5.74, 6) is 0.628. The Balaban J connectivity index is 2.20. The topological polar surface area (TPSA) is 60.2 Å². The highest BCUT2D eigenvalue weighted by molar-refractivity contribution is 5.54. The normalized spacial score (nSPS) is 12.4. The number of nitrogens with zero attached hydrogens (tertiary/aromatic N) is 2. The third-order valence-electron chi connectivity index (χ3n) is 2.85. The molecule has 0 aliphatic rings. The summed E-state index contributed by atoms with van der Waals surface area (Å²) in [7, 11) is 3.28. The first-order chi connectivity index (χ1) is 9.13. The smallest absolute Gasteiger partial charge is 0.258 e. The average molecular weight is 265 g/mol. The van der Waals surface area contributed by atoms with Crippen molar-refractivity contribution in [2.75, 3.05) is 14.2 Å². The van der Waals surface area contributed by atoms with Crippen LogP contribution in [0.5, 0.6) is 5.75 Å². The Kier molecular flexibility index (Phi) is 4.11. The van der Waals surface area contributed by atoms with Crippen molar-refractivity contribution in [1.29, 1.82) is 0 Å². The molecular weight excluding hydrogens is 249 g/mol. The maximum Gasteiger partial charge on any atom is 0.258 e. The van der Waals surface area contributed by atoms with Gasteiger partial charge in [0.05, 0.1) is 7.11 Å². The lowest BCUT2D eigenvalue weighted by molar-refractivity contribution is 0.386. The molecule has 1 atom stereocenters. The second-order valence-corrected chi connectivity index (χ2v) is 4.26. The standard InChI is InChI=1S/C13H16FN3O2/c1-8(15-2)6-12-16-13(19-17-12)9-4-5-11(18-3)10(14)7-9/h4-5,7-8,15H,6H2,1-3H3. The van der Waals surface area contributed by atoms with Gasteiger partial charge in [-0.25, -0.2) is 4.39 Å². The molecule has 1 aromatic carbocycles. The van der Waals surface area contributed by atoms with E-state index in [4.69, 9.17) is 9.26 Å². The highest BCUT2D eigenvalue weighted by Gasteiger charge is 2.13. The number of nitrogens with one attached hydrogen (secondary N) is 1. The molecule has 0 radical (unpaired) electrons. The second kappa shape index (κ2) is 5.79. The quantitative estimate of drug-likeness (QED) is 0.896. The molecule has 6 heteroatoms. The predicted octanol–water partition coefficient (Wildman–Crippen LogP) is 2.03. The van der Waals surface area contributed by atoms with E-state index in [0.717, 1.165) is 0 Å². The van der Waals surface area contributed by atoms with Crippen LogP contribution in [0.3, 0.4) is 0 Å². The lowest BCUT2D eigenvalue weighted by Gasteiger charge is -2.04. The Morgan fingerprint density at radius 1 is 1.47 bits per heavy atom. The number of likely N-dealkylation sites (N-methyl/N-ethyl adjacent to an activating group) is 1. The van der Waals surface area contributed by atoms with Crippen LogP contribution in [0.1, 0.15) is 12.7 Å². The number of hydrogen-bond acceptors (Lipinski definition) is 5. The number of rotatable bonds is 5. The van der Waals surface area contributed by atoms with Gasteiger partial charge in [-0.2, -0.15) is 4.98 Å². The third kappa shape index (κ3) is 3.08. The number of halogens is 1. The maximum absolute atomic E-state index is 13.6. The molecule has 5 nitrogen and oxygen atoms in total. The van der Waals surface area contributed by atoms with E-state index in [1.54, 1.807) is 6.07 Å². The summed E-state index contributed by atoms with van der Waals surface area (Å²) in [5.41, 5.74) is 0.536. The highest BCUT2D eigenvalue weighted by Crippen LogP contribution is 2.24. The van der Waals surface area contributed by atoms with Crippen molar-refractivity contribution in [2.45, 2.75) is 19.4 Å². The maximum atomic E-state index is 13.6. The Hall–Kier alpha value is -1.95. The van der Waals surface area contributed by atoms with Crippen molar-refractivity contribution >= 4 is 0 Å². The number of benzene rings is 1. The van der Waals surface area contributed by atoms with Crippen LogP contribution in [0.2, 0.25) is 0 Å². The van der Waals surface area contributed by atoms with Crippen LogP contribution in [-0.4, -0.2) is 30.3 Å². The van der Waals surface area contributed by atoms with Crippen LogP contribution in [-0.2, 0) is 6.42 Å². The minimum atomic E-state index is -0.455. The summed E-state index contributed by atoms with van der Waals surface area (Å²) in [6.07, 6.45) is 0.651. The molecule has 0 saturated carbocycles. The molecule has 0 spiro atoms. The van der Waals surface area contributed by atoms with Crippen molar-refractivity contribution in [1.82, 2.24) is 15.5 Å². The molecule has 0 fully saturated rings. The fraction of sp³-hybridized carbons (Fsp3) is 0.385. The Morgan fingerprint density at radius 2 is 2.26 bits per heavy atom. The first kappa shape index (κ1) is 13.5. The first-order valence-corrected chi connectivity index (χ1v) is 5.97. The van der Waals surface area contributed by atoms with Gasteiger partial charge in [0.15, 0.2) is 17.4 Å². The van der Waals surface area contributed by atoms with Crippen LogP contribution >= 0.6 is 0 Å². The van der Waals surface area contributed by atoms with Gasteiger partial charge in [-0.15, -0.1) is 0 Å². The minimum absolute atomic E-state index is 0.187. The molecule has 0 aliphatic carbocycles. The fourth-order valence-electron chi connectivity index (χ4n) is 1.63. The summed E-state index contributed by atoms with van der Waals surface area (Å²) in [6, 6.07) is 4.78. The molecular formula is C13H16FN3O2. The van der Waals surface area contributed by atoms with Gasteiger partial charge >= 0.3 is 0 Å². The highest BCUT2D eigenvalue weighted by atomic mass is 19.1. The zero-order valence-electron chi connectivity index (χ0n) is 11.1. The fourth-order valence-corrected chi connectivity index (χ4v) is 1.63. The summed E-state index contributed by atoms with van der Waals surface area (Å²) >= 11 is 0. The van der Waals surface area contributed by atoms with E-state index < -0.39 is 5.82 Å². The summed E-state index contributed by atoms with van der Waals surface area (Å²) in [4.78, 5) is 4.24. The van der Waals surface area contributed by atoms with Gasteiger partial charge in [0, 0.05) is 18.0 Å². The lowest BCUT2D eigenvalue weighted by Crippen LogP contribution is -2.24. The molecule has 1 heterocycles. The molecule has 0 aliphatic heterocycles. The molecule has 102 valence electrons. The summed E-state index contributed by atoms with van der Waals surface area (Å²) < 4.78 is 23.6.